The lowest BCUT2D eigenvalue weighted by molar-refractivity contribution is -0.123. The molecule has 1 aromatic carbocycles. The molecule has 0 aliphatic carbocycles. The summed E-state index contributed by atoms with van der Waals surface area (Å²) in [7, 11) is -3.28. The third-order valence-electron chi connectivity index (χ3n) is 4.59. The molecule has 30 heavy (non-hydrogen) atoms. The van der Waals surface area contributed by atoms with E-state index in [4.69, 9.17) is 4.74 Å². The first-order chi connectivity index (χ1) is 14.0. The Labute approximate surface area is 180 Å². The summed E-state index contributed by atoms with van der Waals surface area (Å²) in [5.74, 6) is -0.642. The molecule has 0 spiro atoms. The molecule has 2 amide bonds. The number of rotatable bonds is 12. The van der Waals surface area contributed by atoms with E-state index in [9.17, 15) is 18.0 Å². The fourth-order valence-electron chi connectivity index (χ4n) is 3.05. The number of alkyl carbamates (subject to hydrolysis) is 1. The lowest BCUT2D eigenvalue weighted by Crippen LogP contribution is -2.50. The smallest absolute Gasteiger partial charge is 0.408 e. The van der Waals surface area contributed by atoms with Gasteiger partial charge >= 0.3 is 6.09 Å². The Kier molecular flexibility index (Phi) is 10.8. The molecule has 0 aromatic heterocycles. The Morgan fingerprint density at radius 3 is 2.20 bits per heavy atom. The van der Waals surface area contributed by atoms with Crippen molar-refractivity contribution in [1.82, 2.24) is 15.5 Å². The van der Waals surface area contributed by atoms with E-state index in [0.717, 1.165) is 11.8 Å². The fraction of sp³-hybridized carbons (Fsp3) is 0.619. The minimum Gasteiger partial charge on any atom is -0.445 e. The van der Waals surface area contributed by atoms with E-state index < -0.39 is 27.9 Å². The van der Waals surface area contributed by atoms with E-state index in [-0.39, 0.29) is 18.8 Å². The van der Waals surface area contributed by atoms with Crippen LogP contribution in [0.1, 0.15) is 39.7 Å². The summed E-state index contributed by atoms with van der Waals surface area (Å²) in [6.45, 7) is 9.44. The van der Waals surface area contributed by atoms with E-state index in [1.165, 1.54) is 0 Å². The van der Waals surface area contributed by atoms with Crippen molar-refractivity contribution in [3.05, 3.63) is 35.9 Å². The van der Waals surface area contributed by atoms with Gasteiger partial charge in [0, 0.05) is 31.4 Å². The van der Waals surface area contributed by atoms with Gasteiger partial charge in [-0.1, -0.05) is 30.3 Å². The van der Waals surface area contributed by atoms with Crippen LogP contribution in [-0.2, 0) is 26.0 Å². The van der Waals surface area contributed by atoms with Gasteiger partial charge in [0.05, 0.1) is 5.75 Å². The summed E-state index contributed by atoms with van der Waals surface area (Å²) >= 11 is 0. The molecule has 0 saturated carbocycles. The Bertz CT molecular complexity index is 758. The van der Waals surface area contributed by atoms with E-state index >= 15 is 0 Å². The van der Waals surface area contributed by atoms with Crippen LogP contribution in [0.5, 0.6) is 0 Å². The van der Waals surface area contributed by atoms with Crippen molar-refractivity contribution >= 4 is 21.8 Å². The largest absolute Gasteiger partial charge is 0.445 e. The maximum Gasteiger partial charge on any atom is 0.408 e. The average Bonchev–Trinajstić information content (AvgIpc) is 2.66. The first kappa shape index (κ1) is 25.9. The van der Waals surface area contributed by atoms with Crippen LogP contribution in [-0.4, -0.2) is 68.5 Å². The number of ether oxygens (including phenoxy) is 1. The Morgan fingerprint density at radius 2 is 1.67 bits per heavy atom. The van der Waals surface area contributed by atoms with Crippen LogP contribution in [0, 0.1) is 0 Å². The minimum atomic E-state index is -3.28. The summed E-state index contributed by atoms with van der Waals surface area (Å²) in [5.41, 5.74) is 0.812. The number of nitrogens with zero attached hydrogens (tertiary/aromatic N) is 1. The Hall–Kier alpha value is -2.13. The second-order valence-corrected chi connectivity index (χ2v) is 10.2. The van der Waals surface area contributed by atoms with E-state index in [2.05, 4.69) is 43.2 Å². The third kappa shape index (κ3) is 10.6. The van der Waals surface area contributed by atoms with Crippen LogP contribution in [0.3, 0.4) is 0 Å². The highest BCUT2D eigenvalue weighted by molar-refractivity contribution is 7.90. The van der Waals surface area contributed by atoms with Crippen molar-refractivity contribution in [3.8, 4) is 0 Å². The number of amides is 2. The first-order valence-corrected chi connectivity index (χ1v) is 12.2. The molecule has 0 fully saturated rings. The van der Waals surface area contributed by atoms with Gasteiger partial charge in [0.25, 0.3) is 0 Å². The SMILES string of the molecule is CC(C)N(CCNC(=O)[C@@H](CCS(C)(=O)=O)NC(=O)OCc1ccccc1)C(C)C. The second kappa shape index (κ2) is 12.5. The van der Waals surface area contributed by atoms with Crippen molar-refractivity contribution in [1.29, 1.82) is 0 Å². The zero-order valence-electron chi connectivity index (χ0n) is 18.6. The molecular weight excluding hydrogens is 406 g/mol. The number of nitrogens with one attached hydrogen (secondary N) is 2. The highest BCUT2D eigenvalue weighted by Crippen LogP contribution is 2.05. The minimum absolute atomic E-state index is 0.0246. The van der Waals surface area contributed by atoms with Gasteiger partial charge in [-0.2, -0.15) is 0 Å². The molecule has 2 N–H and O–H groups in total. The molecule has 0 aliphatic rings. The molecule has 0 bridgehead atoms. The summed E-state index contributed by atoms with van der Waals surface area (Å²) in [5, 5.41) is 5.28. The quantitative estimate of drug-likeness (QED) is 0.514. The van der Waals surface area contributed by atoms with Gasteiger partial charge in [0.15, 0.2) is 0 Å². The second-order valence-electron chi connectivity index (χ2n) is 7.89. The highest BCUT2D eigenvalue weighted by Gasteiger charge is 2.23. The molecule has 0 unspecified atom stereocenters. The van der Waals surface area contributed by atoms with Gasteiger partial charge in [-0.05, 0) is 39.7 Å². The molecule has 8 nitrogen and oxygen atoms in total. The van der Waals surface area contributed by atoms with Crippen LogP contribution in [0.2, 0.25) is 0 Å². The summed E-state index contributed by atoms with van der Waals surface area (Å²) in [6.07, 6.45) is 0.306. The number of sulfone groups is 1. The molecule has 1 aromatic rings. The van der Waals surface area contributed by atoms with Gasteiger partial charge in [-0.3, -0.25) is 9.69 Å². The number of carbonyl (C=O) groups is 2. The van der Waals surface area contributed by atoms with Crippen LogP contribution in [0.4, 0.5) is 4.79 Å². The molecule has 0 heterocycles. The number of carbonyl (C=O) groups excluding carboxylic acids is 2. The zero-order valence-corrected chi connectivity index (χ0v) is 19.4. The maximum atomic E-state index is 12.6. The Balaban J connectivity index is 2.64. The summed E-state index contributed by atoms with van der Waals surface area (Å²) in [4.78, 5) is 27.0. The molecule has 0 aliphatic heterocycles. The summed E-state index contributed by atoms with van der Waals surface area (Å²) < 4.78 is 28.2. The van der Waals surface area contributed by atoms with Gasteiger partial charge < -0.3 is 15.4 Å². The maximum absolute atomic E-state index is 12.6. The molecule has 170 valence electrons. The topological polar surface area (TPSA) is 105 Å². The predicted octanol–water partition coefficient (Wildman–Crippen LogP) is 1.95. The number of hydrogen-bond donors (Lipinski definition) is 2. The first-order valence-electron chi connectivity index (χ1n) is 10.2. The lowest BCUT2D eigenvalue weighted by atomic mass is 10.2. The third-order valence-corrected chi connectivity index (χ3v) is 5.57. The number of benzene rings is 1. The lowest BCUT2D eigenvalue weighted by Gasteiger charge is -2.30. The van der Waals surface area contributed by atoms with Crippen molar-refractivity contribution < 1.29 is 22.7 Å². The zero-order chi connectivity index (χ0) is 22.7. The Morgan fingerprint density at radius 1 is 1.07 bits per heavy atom. The highest BCUT2D eigenvalue weighted by atomic mass is 32.2. The fourth-order valence-corrected chi connectivity index (χ4v) is 3.72. The van der Waals surface area contributed by atoms with Gasteiger partial charge in [0.2, 0.25) is 5.91 Å². The van der Waals surface area contributed by atoms with Crippen molar-refractivity contribution in [2.75, 3.05) is 25.1 Å². The van der Waals surface area contributed by atoms with Crippen LogP contribution in [0.25, 0.3) is 0 Å². The van der Waals surface area contributed by atoms with E-state index in [0.29, 0.717) is 25.2 Å². The van der Waals surface area contributed by atoms with Crippen LogP contribution in [0.15, 0.2) is 30.3 Å². The van der Waals surface area contributed by atoms with Gasteiger partial charge in [0.1, 0.15) is 22.5 Å². The van der Waals surface area contributed by atoms with Gasteiger partial charge in [-0.25, -0.2) is 13.2 Å². The molecule has 1 rings (SSSR count). The predicted molar refractivity (Wildman–Crippen MR) is 118 cm³/mol. The molecule has 0 radical (unpaired) electrons. The number of hydrogen-bond acceptors (Lipinski definition) is 6. The van der Waals surface area contributed by atoms with E-state index in [1.54, 1.807) is 0 Å². The van der Waals surface area contributed by atoms with Crippen molar-refractivity contribution in [2.45, 2.75) is 58.8 Å². The molecular formula is C21H35N3O5S. The average molecular weight is 442 g/mol. The van der Waals surface area contributed by atoms with Crippen molar-refractivity contribution in [3.63, 3.8) is 0 Å². The molecule has 9 heteroatoms. The van der Waals surface area contributed by atoms with E-state index in [1.807, 2.05) is 30.3 Å². The summed E-state index contributed by atoms with van der Waals surface area (Å²) in [6, 6.07) is 8.81. The van der Waals surface area contributed by atoms with Crippen molar-refractivity contribution in [2.24, 2.45) is 0 Å². The van der Waals surface area contributed by atoms with Gasteiger partial charge in [-0.15, -0.1) is 0 Å². The molecule has 1 atom stereocenters. The van der Waals surface area contributed by atoms with Crippen LogP contribution < -0.4 is 10.6 Å². The molecule has 0 saturated heterocycles. The monoisotopic (exact) mass is 441 g/mol. The normalized spacial score (nSPS) is 12.8. The van der Waals surface area contributed by atoms with Crippen LogP contribution >= 0.6 is 0 Å². The standard InChI is InChI=1S/C21H35N3O5S/c1-16(2)24(17(3)4)13-12-22-20(25)19(11-14-30(5,27)28)23-21(26)29-15-18-9-7-6-8-10-18/h6-10,16-17,19H,11-15H2,1-5H3,(H,22,25)(H,23,26)/t19-/m1/s1.